The lowest BCUT2D eigenvalue weighted by Crippen LogP contribution is -2.47. The van der Waals surface area contributed by atoms with Gasteiger partial charge in [-0.25, -0.2) is 4.79 Å². The summed E-state index contributed by atoms with van der Waals surface area (Å²) in [5.74, 6) is 1.12. The largest absolute Gasteiger partial charge is 0.444 e. The summed E-state index contributed by atoms with van der Waals surface area (Å²) in [6.07, 6.45) is 0.800. The minimum atomic E-state index is -0.427. The molecule has 2 N–H and O–H groups in total. The molecule has 1 aliphatic rings. The Bertz CT molecular complexity index is 261. The van der Waals surface area contributed by atoms with E-state index >= 15 is 0 Å². The molecule has 0 aromatic carbocycles. The summed E-state index contributed by atoms with van der Waals surface area (Å²) in [7, 11) is 0. The maximum atomic E-state index is 11.7. The molecule has 100 valence electrons. The first-order valence-corrected chi connectivity index (χ1v) is 6.50. The van der Waals surface area contributed by atoms with Crippen molar-refractivity contribution in [1.82, 2.24) is 10.6 Å². The van der Waals surface area contributed by atoms with Crippen LogP contribution in [0.2, 0.25) is 0 Å². The van der Waals surface area contributed by atoms with Crippen LogP contribution in [-0.4, -0.2) is 30.8 Å². The number of hydrogen-bond acceptors (Lipinski definition) is 3. The molecular formula is C13H26N2O2. The van der Waals surface area contributed by atoms with Crippen molar-refractivity contribution in [2.24, 2.45) is 11.8 Å². The summed E-state index contributed by atoms with van der Waals surface area (Å²) in [6.45, 7) is 12.0. The Morgan fingerprint density at radius 3 is 2.65 bits per heavy atom. The van der Waals surface area contributed by atoms with Gasteiger partial charge >= 0.3 is 6.09 Å². The number of amides is 1. The SMILES string of the molecule is CC1CNCCC1C(C)NC(=O)OC(C)(C)C. The zero-order valence-electron chi connectivity index (χ0n) is 11.7. The van der Waals surface area contributed by atoms with Gasteiger partial charge in [-0.3, -0.25) is 0 Å². The predicted molar refractivity (Wildman–Crippen MR) is 69.0 cm³/mol. The molecule has 1 saturated heterocycles. The van der Waals surface area contributed by atoms with Crippen LogP contribution in [0.1, 0.15) is 41.0 Å². The third-order valence-corrected chi connectivity index (χ3v) is 3.24. The second kappa shape index (κ2) is 5.71. The molecule has 0 spiro atoms. The van der Waals surface area contributed by atoms with E-state index in [2.05, 4.69) is 24.5 Å². The molecule has 1 heterocycles. The van der Waals surface area contributed by atoms with Gasteiger partial charge in [0.25, 0.3) is 0 Å². The number of nitrogens with one attached hydrogen (secondary N) is 2. The zero-order chi connectivity index (χ0) is 13.1. The molecule has 17 heavy (non-hydrogen) atoms. The van der Waals surface area contributed by atoms with E-state index in [1.54, 1.807) is 0 Å². The van der Waals surface area contributed by atoms with Crippen molar-refractivity contribution in [3.63, 3.8) is 0 Å². The van der Waals surface area contributed by atoms with Crippen molar-refractivity contribution < 1.29 is 9.53 Å². The van der Waals surface area contributed by atoms with Crippen LogP contribution in [-0.2, 0) is 4.74 Å². The maximum Gasteiger partial charge on any atom is 0.407 e. The third kappa shape index (κ3) is 4.94. The summed E-state index contributed by atoms with van der Waals surface area (Å²) in [5.41, 5.74) is -0.427. The average Bonchev–Trinajstić information content (AvgIpc) is 2.14. The van der Waals surface area contributed by atoms with Crippen molar-refractivity contribution in [3.05, 3.63) is 0 Å². The Kier molecular flexibility index (Phi) is 4.80. The molecule has 0 aromatic rings. The number of rotatable bonds is 2. The highest BCUT2D eigenvalue weighted by Crippen LogP contribution is 2.22. The summed E-state index contributed by atoms with van der Waals surface area (Å²) < 4.78 is 5.27. The monoisotopic (exact) mass is 242 g/mol. The fourth-order valence-electron chi connectivity index (χ4n) is 2.38. The second-order valence-electron chi connectivity index (χ2n) is 6.07. The van der Waals surface area contributed by atoms with Crippen LogP contribution in [0.5, 0.6) is 0 Å². The highest BCUT2D eigenvalue weighted by atomic mass is 16.6. The molecule has 4 heteroatoms. The first-order valence-electron chi connectivity index (χ1n) is 6.50. The third-order valence-electron chi connectivity index (χ3n) is 3.24. The highest BCUT2D eigenvalue weighted by molar-refractivity contribution is 5.68. The Morgan fingerprint density at radius 1 is 1.47 bits per heavy atom. The van der Waals surface area contributed by atoms with Crippen molar-refractivity contribution in [3.8, 4) is 0 Å². The van der Waals surface area contributed by atoms with Gasteiger partial charge in [0.2, 0.25) is 0 Å². The Labute approximate surface area is 104 Å². The molecule has 1 aliphatic heterocycles. The van der Waals surface area contributed by atoms with Crippen molar-refractivity contribution in [2.75, 3.05) is 13.1 Å². The van der Waals surface area contributed by atoms with E-state index < -0.39 is 5.60 Å². The summed E-state index contributed by atoms with van der Waals surface area (Å²) in [6, 6.07) is 0.168. The number of carbonyl (C=O) groups excluding carboxylic acids is 1. The van der Waals surface area contributed by atoms with E-state index in [1.807, 2.05) is 20.8 Å². The maximum absolute atomic E-state index is 11.7. The molecule has 4 nitrogen and oxygen atoms in total. The molecule has 0 bridgehead atoms. The topological polar surface area (TPSA) is 50.4 Å². The lowest BCUT2D eigenvalue weighted by molar-refractivity contribution is 0.0473. The highest BCUT2D eigenvalue weighted by Gasteiger charge is 2.28. The van der Waals surface area contributed by atoms with Crippen LogP contribution < -0.4 is 10.6 Å². The summed E-state index contributed by atoms with van der Waals surface area (Å²) in [4.78, 5) is 11.7. The van der Waals surface area contributed by atoms with Crippen molar-refractivity contribution in [2.45, 2.75) is 52.7 Å². The lowest BCUT2D eigenvalue weighted by atomic mass is 9.83. The first-order chi connectivity index (χ1) is 7.79. The number of carbonyl (C=O) groups is 1. The first kappa shape index (κ1) is 14.3. The molecule has 0 saturated carbocycles. The zero-order valence-corrected chi connectivity index (χ0v) is 11.7. The average molecular weight is 242 g/mol. The molecule has 3 unspecified atom stereocenters. The van der Waals surface area contributed by atoms with E-state index in [4.69, 9.17) is 4.74 Å². The minimum Gasteiger partial charge on any atom is -0.444 e. The van der Waals surface area contributed by atoms with Crippen molar-refractivity contribution >= 4 is 6.09 Å². The second-order valence-corrected chi connectivity index (χ2v) is 6.07. The summed E-state index contributed by atoms with van der Waals surface area (Å²) in [5, 5.41) is 6.31. The summed E-state index contributed by atoms with van der Waals surface area (Å²) >= 11 is 0. The number of alkyl carbamates (subject to hydrolysis) is 1. The molecule has 0 aromatic heterocycles. The molecule has 1 fully saturated rings. The Balaban J connectivity index is 2.42. The molecular weight excluding hydrogens is 216 g/mol. The molecule has 1 amide bonds. The standard InChI is InChI=1S/C13H26N2O2/c1-9-8-14-7-6-11(9)10(2)15-12(16)17-13(3,4)5/h9-11,14H,6-8H2,1-5H3,(H,15,16). The van der Waals surface area contributed by atoms with Crippen LogP contribution in [0.25, 0.3) is 0 Å². The van der Waals surface area contributed by atoms with E-state index in [9.17, 15) is 4.79 Å². The van der Waals surface area contributed by atoms with Crippen molar-refractivity contribution in [1.29, 1.82) is 0 Å². The van der Waals surface area contributed by atoms with Gasteiger partial charge in [0.05, 0.1) is 0 Å². The minimum absolute atomic E-state index is 0.168. The van der Waals surface area contributed by atoms with Crippen LogP contribution in [0.3, 0.4) is 0 Å². The fourth-order valence-corrected chi connectivity index (χ4v) is 2.38. The van der Waals surface area contributed by atoms with Gasteiger partial charge in [0, 0.05) is 6.04 Å². The number of hydrogen-bond donors (Lipinski definition) is 2. The van der Waals surface area contributed by atoms with Crippen LogP contribution in [0, 0.1) is 11.8 Å². The van der Waals surface area contributed by atoms with Crippen LogP contribution in [0.4, 0.5) is 4.79 Å². The molecule has 0 aliphatic carbocycles. The predicted octanol–water partition coefficient (Wildman–Crippen LogP) is 2.15. The van der Waals surface area contributed by atoms with Gasteiger partial charge in [0.15, 0.2) is 0 Å². The van der Waals surface area contributed by atoms with Gasteiger partial charge in [0.1, 0.15) is 5.60 Å². The van der Waals surface area contributed by atoms with E-state index in [0.29, 0.717) is 11.8 Å². The van der Waals surface area contributed by atoms with Gasteiger partial charge in [-0.15, -0.1) is 0 Å². The van der Waals surface area contributed by atoms with Crippen LogP contribution in [0.15, 0.2) is 0 Å². The molecule has 3 atom stereocenters. The number of piperidine rings is 1. The van der Waals surface area contributed by atoms with E-state index in [1.165, 1.54) is 0 Å². The van der Waals surface area contributed by atoms with E-state index in [0.717, 1.165) is 19.5 Å². The molecule has 1 rings (SSSR count). The van der Waals surface area contributed by atoms with Gasteiger partial charge in [-0.1, -0.05) is 6.92 Å². The smallest absolute Gasteiger partial charge is 0.407 e. The van der Waals surface area contributed by atoms with E-state index in [-0.39, 0.29) is 12.1 Å². The normalized spacial score (nSPS) is 27.4. The lowest BCUT2D eigenvalue weighted by Gasteiger charge is -2.34. The Morgan fingerprint density at radius 2 is 2.12 bits per heavy atom. The van der Waals surface area contributed by atoms with Gasteiger partial charge < -0.3 is 15.4 Å². The van der Waals surface area contributed by atoms with Crippen LogP contribution >= 0.6 is 0 Å². The molecule has 0 radical (unpaired) electrons. The van der Waals surface area contributed by atoms with Gasteiger partial charge in [-0.05, 0) is 59.0 Å². The Hall–Kier alpha value is -0.770. The number of ether oxygens (including phenoxy) is 1. The van der Waals surface area contributed by atoms with Gasteiger partial charge in [-0.2, -0.15) is 0 Å². The quantitative estimate of drug-likeness (QED) is 0.780. The fraction of sp³-hybridized carbons (Fsp3) is 0.923.